The normalized spacial score (nSPS) is 13.5. The van der Waals surface area contributed by atoms with Gasteiger partial charge in [-0.2, -0.15) is 0 Å². The van der Waals surface area contributed by atoms with Crippen LogP contribution >= 0.6 is 0 Å². The van der Waals surface area contributed by atoms with Crippen LogP contribution in [0.2, 0.25) is 0 Å². The van der Waals surface area contributed by atoms with Gasteiger partial charge >= 0.3 is 0 Å². The van der Waals surface area contributed by atoms with Gasteiger partial charge in [0.05, 0.1) is 12.2 Å². The molecule has 0 spiro atoms. The van der Waals surface area contributed by atoms with Gasteiger partial charge in [-0.25, -0.2) is 4.39 Å². The molecule has 1 aliphatic carbocycles. The number of aromatic nitrogens is 1. The van der Waals surface area contributed by atoms with Crippen molar-refractivity contribution < 1.29 is 13.9 Å². The van der Waals surface area contributed by atoms with Gasteiger partial charge in [-0.3, -0.25) is 9.78 Å². The van der Waals surface area contributed by atoms with Crippen LogP contribution in [0, 0.1) is 11.7 Å². The highest BCUT2D eigenvalue weighted by atomic mass is 19.1. The molecule has 0 aliphatic heterocycles. The molecule has 1 saturated carbocycles. The third-order valence-corrected chi connectivity index (χ3v) is 3.73. The summed E-state index contributed by atoms with van der Waals surface area (Å²) in [5.74, 6) is 0.142. The summed E-state index contributed by atoms with van der Waals surface area (Å²) in [6.07, 6.45) is 4.13. The van der Waals surface area contributed by atoms with Crippen molar-refractivity contribution in [2.24, 2.45) is 5.92 Å². The number of carbonyl (C=O) groups excluding carboxylic acids is 1. The van der Waals surface area contributed by atoms with E-state index in [2.05, 4.69) is 15.6 Å². The second-order valence-corrected chi connectivity index (χ2v) is 5.88. The van der Waals surface area contributed by atoms with Gasteiger partial charge in [0.2, 0.25) is 5.91 Å². The maximum atomic E-state index is 14.1. The summed E-state index contributed by atoms with van der Waals surface area (Å²) in [6.45, 7) is 1.28. The Morgan fingerprint density at radius 2 is 2.17 bits per heavy atom. The number of ether oxygens (including phenoxy) is 1. The molecule has 3 rings (SSSR count). The standard InChI is InChI=1S/C18H20FN3O2/c19-16-9-14(22-18(23)11-20-10-13-4-5-13)6-7-17(16)24-12-15-3-1-2-8-21-15/h1-3,6-9,13,20H,4-5,10-12H2,(H,22,23). The van der Waals surface area contributed by atoms with Crippen LogP contribution in [0.15, 0.2) is 42.6 Å². The smallest absolute Gasteiger partial charge is 0.238 e. The Hall–Kier alpha value is -2.47. The molecule has 1 aromatic heterocycles. The van der Waals surface area contributed by atoms with Crippen LogP contribution < -0.4 is 15.4 Å². The van der Waals surface area contributed by atoms with E-state index in [-0.39, 0.29) is 24.8 Å². The molecule has 0 atom stereocenters. The lowest BCUT2D eigenvalue weighted by Crippen LogP contribution is -2.29. The molecule has 6 heteroatoms. The number of anilines is 1. The van der Waals surface area contributed by atoms with Crippen LogP contribution in [0.4, 0.5) is 10.1 Å². The van der Waals surface area contributed by atoms with Crippen molar-refractivity contribution in [1.82, 2.24) is 10.3 Å². The number of pyridine rings is 1. The van der Waals surface area contributed by atoms with Crippen LogP contribution in [0.25, 0.3) is 0 Å². The monoisotopic (exact) mass is 329 g/mol. The lowest BCUT2D eigenvalue weighted by Gasteiger charge is -2.10. The number of hydrogen-bond donors (Lipinski definition) is 2. The number of halogens is 1. The molecule has 0 radical (unpaired) electrons. The fraction of sp³-hybridized carbons (Fsp3) is 0.333. The Morgan fingerprint density at radius 3 is 2.88 bits per heavy atom. The first-order chi connectivity index (χ1) is 11.7. The SMILES string of the molecule is O=C(CNCC1CC1)Nc1ccc(OCc2ccccn2)c(F)c1. The average molecular weight is 329 g/mol. The molecular formula is C18H20FN3O2. The number of hydrogen-bond acceptors (Lipinski definition) is 4. The molecule has 2 N–H and O–H groups in total. The van der Waals surface area contributed by atoms with E-state index >= 15 is 0 Å². The zero-order valence-electron chi connectivity index (χ0n) is 13.3. The van der Waals surface area contributed by atoms with E-state index in [1.807, 2.05) is 6.07 Å². The molecule has 0 unspecified atom stereocenters. The van der Waals surface area contributed by atoms with Crippen LogP contribution in [-0.4, -0.2) is 24.0 Å². The molecule has 24 heavy (non-hydrogen) atoms. The lowest BCUT2D eigenvalue weighted by atomic mass is 10.3. The van der Waals surface area contributed by atoms with Crippen LogP contribution in [0.5, 0.6) is 5.75 Å². The van der Waals surface area contributed by atoms with E-state index in [9.17, 15) is 9.18 Å². The Balaban J connectivity index is 1.48. The fourth-order valence-corrected chi connectivity index (χ4v) is 2.25. The quantitative estimate of drug-likeness (QED) is 0.782. The summed E-state index contributed by atoms with van der Waals surface area (Å²) in [5, 5.41) is 5.76. The molecule has 0 saturated heterocycles. The van der Waals surface area contributed by atoms with Gasteiger partial charge in [-0.05, 0) is 49.6 Å². The van der Waals surface area contributed by atoms with E-state index < -0.39 is 5.82 Å². The highest BCUT2D eigenvalue weighted by Crippen LogP contribution is 2.27. The Labute approximate surface area is 140 Å². The summed E-state index contributed by atoms with van der Waals surface area (Å²) in [6, 6.07) is 9.84. The van der Waals surface area contributed by atoms with Crippen molar-refractivity contribution in [1.29, 1.82) is 0 Å². The number of carbonyl (C=O) groups is 1. The van der Waals surface area contributed by atoms with Gasteiger partial charge in [0.1, 0.15) is 6.61 Å². The van der Waals surface area contributed by atoms with Crippen molar-refractivity contribution in [3.8, 4) is 5.75 Å². The van der Waals surface area contributed by atoms with Gasteiger partial charge in [0.15, 0.2) is 11.6 Å². The van der Waals surface area contributed by atoms with Gasteiger partial charge < -0.3 is 15.4 Å². The van der Waals surface area contributed by atoms with Crippen LogP contribution in [0.3, 0.4) is 0 Å². The molecular weight excluding hydrogens is 309 g/mol. The predicted molar refractivity (Wildman–Crippen MR) is 89.2 cm³/mol. The molecule has 1 fully saturated rings. The number of nitrogens with one attached hydrogen (secondary N) is 2. The van der Waals surface area contributed by atoms with Gasteiger partial charge in [0, 0.05) is 18.0 Å². The fourth-order valence-electron chi connectivity index (χ4n) is 2.25. The third-order valence-electron chi connectivity index (χ3n) is 3.73. The van der Waals surface area contributed by atoms with Gasteiger partial charge in [-0.1, -0.05) is 6.07 Å². The largest absolute Gasteiger partial charge is 0.484 e. The topological polar surface area (TPSA) is 63.2 Å². The first-order valence-electron chi connectivity index (χ1n) is 8.03. The Bertz CT molecular complexity index is 690. The Morgan fingerprint density at radius 1 is 1.29 bits per heavy atom. The molecule has 2 aromatic rings. The molecule has 5 nitrogen and oxygen atoms in total. The number of nitrogens with zero attached hydrogens (tertiary/aromatic N) is 1. The van der Waals surface area contributed by atoms with Crippen molar-refractivity contribution in [3.63, 3.8) is 0 Å². The second kappa shape index (κ2) is 7.88. The minimum Gasteiger partial charge on any atom is -0.484 e. The minimum atomic E-state index is -0.519. The molecule has 1 amide bonds. The first-order valence-corrected chi connectivity index (χ1v) is 8.03. The Kier molecular flexibility index (Phi) is 5.38. The van der Waals surface area contributed by atoms with Gasteiger partial charge in [-0.15, -0.1) is 0 Å². The minimum absolute atomic E-state index is 0.130. The first kappa shape index (κ1) is 16.4. The maximum absolute atomic E-state index is 14.1. The zero-order chi connectivity index (χ0) is 16.8. The number of amides is 1. The summed E-state index contributed by atoms with van der Waals surface area (Å²) >= 11 is 0. The molecule has 126 valence electrons. The highest BCUT2D eigenvalue weighted by Gasteiger charge is 2.20. The summed E-state index contributed by atoms with van der Waals surface area (Å²) in [7, 11) is 0. The molecule has 1 heterocycles. The summed E-state index contributed by atoms with van der Waals surface area (Å²) in [4.78, 5) is 15.9. The van der Waals surface area contributed by atoms with Crippen molar-refractivity contribution in [3.05, 3.63) is 54.1 Å². The maximum Gasteiger partial charge on any atom is 0.238 e. The molecule has 0 bridgehead atoms. The predicted octanol–water partition coefficient (Wildman–Crippen LogP) is 2.74. The zero-order valence-corrected chi connectivity index (χ0v) is 13.3. The van der Waals surface area contributed by atoms with E-state index in [4.69, 9.17) is 4.74 Å². The van der Waals surface area contributed by atoms with E-state index in [1.165, 1.54) is 25.0 Å². The summed E-state index contributed by atoms with van der Waals surface area (Å²) < 4.78 is 19.5. The van der Waals surface area contributed by atoms with Crippen LogP contribution in [0.1, 0.15) is 18.5 Å². The molecule has 1 aromatic carbocycles. The lowest BCUT2D eigenvalue weighted by molar-refractivity contribution is -0.115. The third kappa shape index (κ3) is 5.03. The van der Waals surface area contributed by atoms with E-state index in [0.717, 1.165) is 12.2 Å². The van der Waals surface area contributed by atoms with Crippen molar-refractivity contribution in [2.45, 2.75) is 19.4 Å². The van der Waals surface area contributed by atoms with E-state index in [0.29, 0.717) is 11.6 Å². The second-order valence-electron chi connectivity index (χ2n) is 5.88. The van der Waals surface area contributed by atoms with Crippen molar-refractivity contribution in [2.75, 3.05) is 18.4 Å². The average Bonchev–Trinajstić information content (AvgIpc) is 3.39. The highest BCUT2D eigenvalue weighted by molar-refractivity contribution is 5.92. The van der Waals surface area contributed by atoms with Crippen molar-refractivity contribution >= 4 is 11.6 Å². The van der Waals surface area contributed by atoms with E-state index in [1.54, 1.807) is 24.4 Å². The van der Waals surface area contributed by atoms with Gasteiger partial charge in [0.25, 0.3) is 0 Å². The number of benzene rings is 1. The van der Waals surface area contributed by atoms with Crippen LogP contribution in [-0.2, 0) is 11.4 Å². The molecule has 1 aliphatic rings. The number of rotatable bonds is 8. The summed E-state index contributed by atoms with van der Waals surface area (Å²) in [5.41, 5.74) is 1.13.